The molecule has 0 radical (unpaired) electrons. The molecule has 7 aromatic carbocycles. The Labute approximate surface area is 765 Å². The number of amides is 4. The van der Waals surface area contributed by atoms with Crippen molar-refractivity contribution >= 4 is 128 Å². The van der Waals surface area contributed by atoms with Gasteiger partial charge < -0.3 is 60.4 Å². The first-order chi connectivity index (χ1) is 62.8. The van der Waals surface area contributed by atoms with Crippen LogP contribution in [0.1, 0.15) is 128 Å². The molecule has 0 aromatic heterocycles. The van der Waals surface area contributed by atoms with Crippen molar-refractivity contribution in [1.29, 1.82) is 0 Å². The van der Waals surface area contributed by atoms with Crippen molar-refractivity contribution in [2.24, 2.45) is 23.5 Å². The summed E-state index contributed by atoms with van der Waals surface area (Å²) in [5, 5.41) is 15.4. The minimum absolute atomic E-state index is 0.00501. The van der Waals surface area contributed by atoms with Gasteiger partial charge in [-0.1, -0.05) is 117 Å². The maximum Gasteiger partial charge on any atom is 0.373 e. The number of halogens is 7. The van der Waals surface area contributed by atoms with E-state index in [1.165, 1.54) is 111 Å². The van der Waals surface area contributed by atoms with E-state index in [1.807, 2.05) is 74.5 Å². The molecule has 131 heavy (non-hydrogen) atoms. The van der Waals surface area contributed by atoms with Crippen LogP contribution in [0.2, 0.25) is 0 Å². The Kier molecular flexibility index (Phi) is 55.7. The van der Waals surface area contributed by atoms with Crippen LogP contribution in [0.3, 0.4) is 0 Å². The van der Waals surface area contributed by atoms with E-state index in [0.717, 1.165) is 50.9 Å². The van der Waals surface area contributed by atoms with E-state index in [1.54, 1.807) is 80.5 Å². The highest BCUT2D eigenvalue weighted by Gasteiger charge is 2.66. The zero-order chi connectivity index (χ0) is 100. The fourth-order valence-corrected chi connectivity index (χ4v) is 12.6. The molecule has 7 aromatic rings. The van der Waals surface area contributed by atoms with Crippen LogP contribution in [0.4, 0.5) is 54.8 Å². The Morgan fingerprint density at radius 1 is 0.496 bits per heavy atom. The Hall–Kier alpha value is -13.7. The number of nitrogen functional groups attached to an aromatic ring is 1. The zero-order valence-corrected chi connectivity index (χ0v) is 76.3. The highest BCUT2D eigenvalue weighted by Crippen LogP contribution is 2.44. The summed E-state index contributed by atoms with van der Waals surface area (Å²) in [5.41, 5.74) is 8.71. The Morgan fingerprint density at radius 2 is 0.802 bits per heavy atom. The fraction of sp³-hybridized carbons (Fsp3) is 0.376. The lowest BCUT2D eigenvalue weighted by atomic mass is 9.84. The molecular weight excluding hydrogens is 1790 g/mol. The Bertz CT molecular complexity index is 4770. The molecule has 0 saturated carbocycles. The highest BCUT2D eigenvalue weighted by molar-refractivity contribution is 9.10. The first kappa shape index (κ1) is 115. The van der Waals surface area contributed by atoms with E-state index < -0.39 is 112 Å². The van der Waals surface area contributed by atoms with Gasteiger partial charge in [-0.3, -0.25) is 43.1 Å². The summed E-state index contributed by atoms with van der Waals surface area (Å²) in [4.78, 5) is 181. The third-order valence-electron chi connectivity index (χ3n) is 18.5. The van der Waals surface area contributed by atoms with E-state index >= 15 is 0 Å². The molecule has 38 heteroatoms. The summed E-state index contributed by atoms with van der Waals surface area (Å²) in [5.74, 6) is -11.8. The lowest BCUT2D eigenvalue weighted by molar-refractivity contribution is -0.193. The first-order valence-electron chi connectivity index (χ1n) is 41.3. The summed E-state index contributed by atoms with van der Waals surface area (Å²) in [7, 11) is 0.350. The van der Waals surface area contributed by atoms with Gasteiger partial charge in [0, 0.05) is 84.6 Å². The number of carboxylic acid groups (broad SMARTS) is 1. The van der Waals surface area contributed by atoms with Crippen LogP contribution >= 0.6 is 15.9 Å². The van der Waals surface area contributed by atoms with Gasteiger partial charge in [0.1, 0.15) is 40.0 Å². The molecule has 3 saturated heterocycles. The summed E-state index contributed by atoms with van der Waals surface area (Å²) < 4.78 is 114. The molecule has 0 bridgehead atoms. The number of hydrogen-bond donors (Lipinski definition) is 5. The Balaban J connectivity index is 0.00000153. The molecule has 31 nitrogen and oxygen atoms in total. The lowest BCUT2D eigenvalue weighted by Crippen LogP contribution is -2.65. The number of nitrogens with one attached hydrogen (secondary N) is 2. The third-order valence-corrected chi connectivity index (χ3v) is 19.5. The molecule has 0 spiro atoms. The second kappa shape index (κ2) is 63.3. The van der Waals surface area contributed by atoms with Crippen LogP contribution in [-0.2, 0) is 123 Å². The third kappa shape index (κ3) is 35.7. The van der Waals surface area contributed by atoms with Crippen molar-refractivity contribution in [1.82, 2.24) is 5.32 Å². The summed E-state index contributed by atoms with van der Waals surface area (Å²) in [6.45, 7) is 22.2. The predicted molar refractivity (Wildman–Crippen MR) is 473 cm³/mol. The number of methoxy groups -OCH3 is 1. The Morgan fingerprint density at radius 3 is 1.11 bits per heavy atom. The topological polar surface area (TPSA) is 444 Å². The second-order valence-electron chi connectivity index (χ2n) is 27.0. The van der Waals surface area contributed by atoms with E-state index in [4.69, 9.17) is 60.4 Å². The van der Waals surface area contributed by atoms with E-state index in [0.29, 0.717) is 37.6 Å². The maximum atomic E-state index is 13.4. The van der Waals surface area contributed by atoms with Crippen LogP contribution < -0.4 is 36.8 Å². The van der Waals surface area contributed by atoms with Crippen LogP contribution in [0.15, 0.2) is 194 Å². The molecule has 3 aliphatic rings. The van der Waals surface area contributed by atoms with Gasteiger partial charge in [0.25, 0.3) is 5.91 Å². The molecule has 7 unspecified atom stereocenters. The predicted octanol–water partition coefficient (Wildman–Crippen LogP) is 13.5. The minimum Gasteiger partial charge on any atom is -0.479 e. The number of aliphatic carboxylic acids is 1. The van der Waals surface area contributed by atoms with Gasteiger partial charge in [-0.15, -0.1) is 0 Å². The average Bonchev–Trinajstić information content (AvgIpc) is 1.59. The maximum absolute atomic E-state index is 13.4. The standard InChI is InChI=1S/C22H23FN2O4.C17H20FNO5.C15H16FNO5.C12H16FNO2.C7H9N.C6H11BrO2.C6H6FN.C5H8O2.CH3F.2CO2/c1-3-29-21(28)22(20(27)24-14-16-7-5-4-6-8-16)15(2)13-19(26)25(22)18-11-9-17(23)10-12-18;1-4-23-15(21)17(16(22)24-5-2)11(3)10-14(20)19(17)13-8-6-12(18)7-9-13;1-3-22-14(21)15(13(19)20)9(2)8-12(18)17(15)11-6-4-10(16)5-7-11;1-3-11(12(15)16-4-2)14-10-7-5-9(13)6-8-10;8-6-7-4-2-1-3-5-7;1-3-5(7)6(8)9-4-2;7-5-1-3-6(8)4-2-5;1-3-4-5(6)7-2;1-2;2*2-1-3/h4-12,15H,3,13-14H2,1-2H3,(H,24,27);6-9,11H,4-5,10H2,1-3H3;4-7,9H,3,8H2,1-2H3,(H,19,20);5-8,11,14H,3-4H2,1-2H3;1-5H,6,8H2;5H,3-4H2,1-2H3;1-4H,8H2;3-4H,1-2H3;1H3;;/b;;;;;;;4-3+;;;/i;;;;;;;;1D;;. The molecule has 712 valence electrons. The molecule has 3 heterocycles. The van der Waals surface area contributed by atoms with Gasteiger partial charge in [-0.25, -0.2) is 55.5 Å². The van der Waals surface area contributed by atoms with Crippen molar-refractivity contribution in [2.45, 2.75) is 156 Å². The number of ether oxygens (including phenoxy) is 7. The average molecular weight is 1910 g/mol. The SMILES string of the molecule is C/C=C/C(=O)OC.CCOC(=O)C(Br)CC.CCOC(=O)C(CC)Nc1ccc(F)cc1.CCOC(=O)C1(C(=O)NCc2ccccc2)C(C)CC(=O)N1c1ccc(F)cc1.CCOC(=O)C1(C(=O)O)C(C)CC(=O)N1c1ccc(F)cc1.CCOC(=O)C1(C(=O)OCC)C(C)CC(=O)N1c1ccc(F)cc1.NCc1ccccc1.Nc1ccc(F)cc1.O=C=O.O=C=O.[2H]CF. The second-order valence-corrected chi connectivity index (χ2v) is 28.1. The number of rotatable bonds is 25. The van der Waals surface area contributed by atoms with Crippen molar-refractivity contribution in [3.8, 4) is 0 Å². The van der Waals surface area contributed by atoms with Gasteiger partial charge >= 0.3 is 60.1 Å². The molecule has 10 rings (SSSR count). The quantitative estimate of drug-likeness (QED) is 0.00675. The van der Waals surface area contributed by atoms with E-state index in [-0.39, 0.29) is 122 Å². The van der Waals surface area contributed by atoms with Crippen LogP contribution in [0.25, 0.3) is 0 Å². The van der Waals surface area contributed by atoms with Gasteiger partial charge in [-0.2, -0.15) is 19.2 Å². The number of carbonyl (C=O) groups excluding carboxylic acids is 15. The molecule has 7 atom stereocenters. The number of anilines is 5. The number of hydrogen-bond acceptors (Lipinski definition) is 26. The van der Waals surface area contributed by atoms with Crippen molar-refractivity contribution in [3.05, 3.63) is 234 Å². The summed E-state index contributed by atoms with van der Waals surface area (Å²) >= 11 is 3.17. The lowest BCUT2D eigenvalue weighted by Gasteiger charge is -2.37. The number of alkyl halides is 2. The molecule has 3 aliphatic heterocycles. The first-order valence-corrected chi connectivity index (χ1v) is 41.5. The molecule has 4 amide bonds. The minimum atomic E-state index is -2.13. The van der Waals surface area contributed by atoms with Gasteiger partial charge in [0.05, 0.1) is 55.3 Å². The normalized spacial score (nSPS) is 16.5. The largest absolute Gasteiger partial charge is 0.479 e. The number of carbonyl (C=O) groups is 12. The van der Waals surface area contributed by atoms with Crippen LogP contribution in [0, 0.1) is 46.8 Å². The molecular formula is C93H112BrF6N7O24. The number of nitrogens with two attached hydrogens (primary N) is 2. The van der Waals surface area contributed by atoms with Crippen molar-refractivity contribution in [3.63, 3.8) is 0 Å². The van der Waals surface area contributed by atoms with Gasteiger partial charge in [0.15, 0.2) is 0 Å². The zero-order valence-electron chi connectivity index (χ0n) is 75.7. The van der Waals surface area contributed by atoms with Gasteiger partial charge in [-0.05, 0) is 194 Å². The number of allylic oxidation sites excluding steroid dienone is 1. The van der Waals surface area contributed by atoms with Crippen molar-refractivity contribution in [2.75, 3.05) is 79.7 Å². The van der Waals surface area contributed by atoms with E-state index in [9.17, 15) is 89.0 Å². The highest BCUT2D eigenvalue weighted by atomic mass is 79.9. The number of benzene rings is 7. The van der Waals surface area contributed by atoms with Crippen LogP contribution in [0.5, 0.6) is 0 Å². The molecule has 0 aliphatic carbocycles. The van der Waals surface area contributed by atoms with Gasteiger partial charge in [0.2, 0.25) is 34.3 Å². The molecule has 3 fully saturated rings. The molecule has 7 N–H and O–H groups in total. The summed E-state index contributed by atoms with van der Waals surface area (Å²) in [6, 6.07) is 45.3. The summed E-state index contributed by atoms with van der Waals surface area (Å²) in [6.07, 6.45) is 4.76. The number of esters is 7. The van der Waals surface area contributed by atoms with Crippen molar-refractivity contribution < 1.29 is 143 Å². The number of nitrogens with zero attached hydrogens (tertiary/aromatic N) is 3. The number of carboxylic acids is 1. The monoisotopic (exact) mass is 1900 g/mol. The smallest absolute Gasteiger partial charge is 0.373 e. The van der Waals surface area contributed by atoms with E-state index in [2.05, 4.69) is 31.3 Å². The van der Waals surface area contributed by atoms with Crippen LogP contribution in [-0.4, -0.2) is 170 Å². The fourth-order valence-electron chi connectivity index (χ4n) is 12.5.